The number of hydrogen-bond donors (Lipinski definition) is 1. The van der Waals surface area contributed by atoms with Gasteiger partial charge in [-0.25, -0.2) is 21.9 Å². The summed E-state index contributed by atoms with van der Waals surface area (Å²) in [5.74, 6) is -2.93. The Morgan fingerprint density at radius 2 is 1.58 bits per heavy atom. The van der Waals surface area contributed by atoms with Crippen molar-refractivity contribution in [1.82, 2.24) is 9.36 Å². The van der Waals surface area contributed by atoms with Gasteiger partial charge in [-0.3, -0.25) is 14.3 Å². The third-order valence-corrected chi connectivity index (χ3v) is 6.63. The number of aromatic nitrogens is 2. The zero-order valence-electron chi connectivity index (χ0n) is 19.5. The number of nitrogens with zero attached hydrogens (tertiary/aromatic N) is 2. The number of alkyl halides is 3. The van der Waals surface area contributed by atoms with Gasteiger partial charge in [-0.15, -0.1) is 0 Å². The summed E-state index contributed by atoms with van der Waals surface area (Å²) in [5.41, 5.74) is -2.25. The number of amides is 1. The first-order valence-corrected chi connectivity index (χ1v) is 12.7. The van der Waals surface area contributed by atoms with Crippen LogP contribution in [0.5, 0.6) is 0 Å². The molecule has 0 radical (unpaired) electrons. The van der Waals surface area contributed by atoms with Gasteiger partial charge in [0.25, 0.3) is 11.5 Å². The minimum Gasteiger partial charge on any atom is -0.322 e. The Balaban J connectivity index is 1.73. The summed E-state index contributed by atoms with van der Waals surface area (Å²) in [5, 5.41) is 2.44. The van der Waals surface area contributed by atoms with E-state index in [9.17, 15) is 40.0 Å². The van der Waals surface area contributed by atoms with E-state index in [1.807, 2.05) is 0 Å². The van der Waals surface area contributed by atoms with Gasteiger partial charge < -0.3 is 5.32 Å². The summed E-state index contributed by atoms with van der Waals surface area (Å²) >= 11 is 0. The van der Waals surface area contributed by atoms with Crippen molar-refractivity contribution in [2.24, 2.45) is 0 Å². The van der Waals surface area contributed by atoms with E-state index < -0.39 is 50.2 Å². The highest BCUT2D eigenvalue weighted by Crippen LogP contribution is 2.29. The Morgan fingerprint density at radius 3 is 2.13 bits per heavy atom. The van der Waals surface area contributed by atoms with Crippen LogP contribution in [-0.2, 0) is 22.6 Å². The molecule has 7 nitrogen and oxygen atoms in total. The second kappa shape index (κ2) is 9.89. The number of nitrogens with one attached hydrogen (secondary N) is 1. The standard InChI is InChI=1S/C25H18F5N3O4S/c1-38(36,37)19-9-7-18(8-10-19)31-23(34)20-14-32(13-15-2-4-16(5-3-15)25(28,29)30)33(24(20)35)22-11-6-17(26)12-21(22)27/h2-12,14H,13H2,1H3,(H,31,34). The molecule has 1 amide bonds. The van der Waals surface area contributed by atoms with Crippen LogP contribution in [0.4, 0.5) is 27.6 Å². The van der Waals surface area contributed by atoms with E-state index in [1.165, 1.54) is 36.4 Å². The maximum Gasteiger partial charge on any atom is 0.416 e. The van der Waals surface area contributed by atoms with Crippen molar-refractivity contribution in [3.05, 3.63) is 112 Å². The summed E-state index contributed by atoms with van der Waals surface area (Å²) in [6.45, 7) is -0.236. The molecule has 0 aliphatic rings. The van der Waals surface area contributed by atoms with Gasteiger partial charge in [-0.05, 0) is 54.1 Å². The second-order valence-corrected chi connectivity index (χ2v) is 10.3. The number of halogens is 5. The molecule has 0 unspecified atom stereocenters. The fraction of sp³-hybridized carbons (Fsp3) is 0.120. The first-order chi connectivity index (χ1) is 17.7. The number of carbonyl (C=O) groups is 1. The monoisotopic (exact) mass is 551 g/mol. The molecule has 0 aliphatic carbocycles. The first-order valence-electron chi connectivity index (χ1n) is 10.8. The van der Waals surface area contributed by atoms with Crippen LogP contribution in [0.1, 0.15) is 21.5 Å². The minimum atomic E-state index is -4.56. The van der Waals surface area contributed by atoms with Crippen LogP contribution in [-0.4, -0.2) is 29.9 Å². The van der Waals surface area contributed by atoms with Crippen LogP contribution >= 0.6 is 0 Å². The predicted octanol–water partition coefficient (Wildman–Crippen LogP) is 4.64. The Hall–Kier alpha value is -4.26. The van der Waals surface area contributed by atoms with Crippen molar-refractivity contribution in [2.45, 2.75) is 17.6 Å². The summed E-state index contributed by atoms with van der Waals surface area (Å²) in [4.78, 5) is 26.1. The van der Waals surface area contributed by atoms with E-state index in [0.717, 1.165) is 46.1 Å². The van der Waals surface area contributed by atoms with Crippen LogP contribution in [0.3, 0.4) is 0 Å². The number of anilines is 1. The average Bonchev–Trinajstić information content (AvgIpc) is 3.14. The van der Waals surface area contributed by atoms with Crippen LogP contribution in [0.2, 0.25) is 0 Å². The molecule has 4 rings (SSSR count). The van der Waals surface area contributed by atoms with Crippen LogP contribution in [0, 0.1) is 11.6 Å². The molecule has 0 aliphatic heterocycles. The summed E-state index contributed by atoms with van der Waals surface area (Å²) < 4.78 is 92.0. The maximum absolute atomic E-state index is 14.6. The third-order valence-electron chi connectivity index (χ3n) is 5.51. The summed E-state index contributed by atoms with van der Waals surface area (Å²) in [7, 11) is -3.48. The number of hydrogen-bond acceptors (Lipinski definition) is 4. The quantitative estimate of drug-likeness (QED) is 0.354. The van der Waals surface area contributed by atoms with Crippen molar-refractivity contribution in [3.8, 4) is 5.69 Å². The Morgan fingerprint density at radius 1 is 0.947 bits per heavy atom. The van der Waals surface area contributed by atoms with E-state index in [4.69, 9.17) is 0 Å². The van der Waals surface area contributed by atoms with E-state index in [1.54, 1.807) is 0 Å². The Kier molecular flexibility index (Phi) is 6.98. The predicted molar refractivity (Wildman–Crippen MR) is 128 cm³/mol. The molecule has 13 heteroatoms. The van der Waals surface area contributed by atoms with Crippen molar-refractivity contribution in [3.63, 3.8) is 0 Å². The van der Waals surface area contributed by atoms with Gasteiger partial charge in [0.05, 0.1) is 17.0 Å². The van der Waals surface area contributed by atoms with Crippen molar-refractivity contribution in [2.75, 3.05) is 11.6 Å². The van der Waals surface area contributed by atoms with Gasteiger partial charge in [0.15, 0.2) is 15.7 Å². The highest BCUT2D eigenvalue weighted by molar-refractivity contribution is 7.90. The Labute approximate surface area is 212 Å². The highest BCUT2D eigenvalue weighted by Gasteiger charge is 2.30. The molecule has 0 saturated carbocycles. The lowest BCUT2D eigenvalue weighted by atomic mass is 10.1. The first kappa shape index (κ1) is 26.8. The number of sulfone groups is 1. The molecule has 198 valence electrons. The number of rotatable bonds is 6. The van der Waals surface area contributed by atoms with Gasteiger partial charge in [0.1, 0.15) is 17.1 Å². The normalized spacial score (nSPS) is 11.9. The lowest BCUT2D eigenvalue weighted by molar-refractivity contribution is -0.137. The molecule has 4 aromatic rings. The van der Waals surface area contributed by atoms with Gasteiger partial charge in [0.2, 0.25) is 0 Å². The van der Waals surface area contributed by atoms with E-state index in [-0.39, 0.29) is 22.8 Å². The minimum absolute atomic E-state index is 0.00679. The second-order valence-electron chi connectivity index (χ2n) is 8.30. The summed E-state index contributed by atoms with van der Waals surface area (Å²) in [6, 6.07) is 11.6. The molecule has 0 fully saturated rings. The molecular formula is C25H18F5N3O4S. The molecule has 0 bridgehead atoms. The zero-order chi connectivity index (χ0) is 27.8. The van der Waals surface area contributed by atoms with E-state index in [2.05, 4.69) is 5.32 Å². The SMILES string of the molecule is CS(=O)(=O)c1ccc(NC(=O)c2cn(Cc3ccc(C(F)(F)F)cc3)n(-c3ccc(F)cc3F)c2=O)cc1. The third kappa shape index (κ3) is 5.67. The summed E-state index contributed by atoms with van der Waals surface area (Å²) in [6.07, 6.45) is -2.46. The van der Waals surface area contributed by atoms with Crippen LogP contribution in [0.15, 0.2) is 82.6 Å². The van der Waals surface area contributed by atoms with Gasteiger partial charge >= 0.3 is 6.18 Å². The lowest BCUT2D eigenvalue weighted by Gasteiger charge is -2.13. The van der Waals surface area contributed by atoms with E-state index >= 15 is 0 Å². The highest BCUT2D eigenvalue weighted by atomic mass is 32.2. The lowest BCUT2D eigenvalue weighted by Crippen LogP contribution is -2.26. The molecule has 3 aromatic carbocycles. The van der Waals surface area contributed by atoms with Gasteiger partial charge in [-0.2, -0.15) is 13.2 Å². The van der Waals surface area contributed by atoms with Crippen molar-refractivity contribution < 1.29 is 35.2 Å². The van der Waals surface area contributed by atoms with Crippen molar-refractivity contribution in [1.29, 1.82) is 0 Å². The Bertz CT molecular complexity index is 1670. The zero-order valence-corrected chi connectivity index (χ0v) is 20.3. The largest absolute Gasteiger partial charge is 0.416 e. The van der Waals surface area contributed by atoms with Gasteiger partial charge in [-0.1, -0.05) is 12.1 Å². The fourth-order valence-corrected chi connectivity index (χ4v) is 4.27. The molecule has 0 atom stereocenters. The number of carbonyl (C=O) groups excluding carboxylic acids is 1. The molecular weight excluding hydrogens is 533 g/mol. The molecule has 0 spiro atoms. The molecule has 38 heavy (non-hydrogen) atoms. The van der Waals surface area contributed by atoms with Crippen LogP contribution in [0.25, 0.3) is 5.69 Å². The van der Waals surface area contributed by atoms with Gasteiger partial charge in [0, 0.05) is 24.2 Å². The molecule has 1 aromatic heterocycles. The van der Waals surface area contributed by atoms with E-state index in [0.29, 0.717) is 11.6 Å². The maximum atomic E-state index is 14.6. The topological polar surface area (TPSA) is 90.2 Å². The van der Waals surface area contributed by atoms with Crippen LogP contribution < -0.4 is 10.9 Å². The fourth-order valence-electron chi connectivity index (χ4n) is 3.64. The molecule has 1 N–H and O–H groups in total. The molecule has 0 saturated heterocycles. The average molecular weight is 551 g/mol. The van der Waals surface area contributed by atoms with Crippen molar-refractivity contribution >= 4 is 21.4 Å². The molecule has 1 heterocycles. The smallest absolute Gasteiger partial charge is 0.322 e. The number of benzene rings is 3.